The molecule has 1 N–H and O–H groups in total. The summed E-state index contributed by atoms with van der Waals surface area (Å²) < 4.78 is 0. The number of nitrogens with one attached hydrogen (secondary N) is 1. The van der Waals surface area contributed by atoms with Gasteiger partial charge in [0.2, 0.25) is 5.91 Å². The Kier molecular flexibility index (Phi) is 5.15. The Bertz CT molecular complexity index is 352. The van der Waals surface area contributed by atoms with Gasteiger partial charge in [-0.15, -0.1) is 11.8 Å². The van der Waals surface area contributed by atoms with Crippen molar-refractivity contribution in [3.05, 3.63) is 0 Å². The first-order chi connectivity index (χ1) is 9.15. The van der Waals surface area contributed by atoms with Crippen LogP contribution in [0.4, 0.5) is 0 Å². The molecule has 0 aromatic rings. The Hall–Kier alpha value is -0.690. The molecule has 0 aromatic carbocycles. The van der Waals surface area contributed by atoms with Crippen LogP contribution in [0.15, 0.2) is 0 Å². The predicted molar refractivity (Wildman–Crippen MR) is 78.9 cm³/mol. The zero-order valence-electron chi connectivity index (χ0n) is 11.8. The summed E-state index contributed by atoms with van der Waals surface area (Å²) in [6.45, 7) is 1.98. The van der Waals surface area contributed by atoms with Crippen LogP contribution < -0.4 is 5.32 Å². The van der Waals surface area contributed by atoms with Gasteiger partial charge in [0.15, 0.2) is 0 Å². The highest BCUT2D eigenvalue weighted by Gasteiger charge is 2.35. The smallest absolute Gasteiger partial charge is 0.234 e. The van der Waals surface area contributed by atoms with E-state index in [0.717, 1.165) is 25.7 Å². The van der Waals surface area contributed by atoms with Gasteiger partial charge in [-0.05, 0) is 32.6 Å². The van der Waals surface area contributed by atoms with Gasteiger partial charge in [0.05, 0.1) is 11.3 Å². The summed E-state index contributed by atoms with van der Waals surface area (Å²) in [5.74, 6) is 0.0559. The van der Waals surface area contributed by atoms with Crippen LogP contribution in [-0.2, 0) is 4.79 Å². The molecule has 2 saturated carbocycles. The van der Waals surface area contributed by atoms with Gasteiger partial charge in [-0.1, -0.05) is 32.1 Å². The normalized spacial score (nSPS) is 24.6. The maximum Gasteiger partial charge on any atom is 0.234 e. The van der Waals surface area contributed by atoms with Crippen molar-refractivity contribution in [2.75, 3.05) is 0 Å². The predicted octanol–water partition coefficient (Wildman–Crippen LogP) is 3.39. The van der Waals surface area contributed by atoms with Gasteiger partial charge in [0.1, 0.15) is 5.54 Å². The lowest BCUT2D eigenvalue weighted by atomic mass is 9.83. The minimum Gasteiger partial charge on any atom is -0.337 e. The molecule has 2 aliphatic rings. The summed E-state index contributed by atoms with van der Waals surface area (Å²) in [6, 6.07) is 2.36. The third kappa shape index (κ3) is 3.89. The zero-order valence-corrected chi connectivity index (χ0v) is 12.6. The number of nitrogens with zero attached hydrogens (tertiary/aromatic N) is 1. The quantitative estimate of drug-likeness (QED) is 0.858. The fraction of sp³-hybridized carbons (Fsp3) is 0.867. The van der Waals surface area contributed by atoms with Crippen LogP contribution in [0.1, 0.15) is 64.7 Å². The van der Waals surface area contributed by atoms with E-state index >= 15 is 0 Å². The summed E-state index contributed by atoms with van der Waals surface area (Å²) in [5.41, 5.74) is -0.584. The molecule has 1 atom stereocenters. The van der Waals surface area contributed by atoms with Crippen LogP contribution in [0.3, 0.4) is 0 Å². The van der Waals surface area contributed by atoms with Crippen molar-refractivity contribution in [1.82, 2.24) is 5.32 Å². The van der Waals surface area contributed by atoms with E-state index in [1.807, 2.05) is 6.92 Å². The molecule has 0 aliphatic heterocycles. The molecule has 4 heteroatoms. The van der Waals surface area contributed by atoms with Gasteiger partial charge in [-0.2, -0.15) is 5.26 Å². The number of hydrogen-bond donors (Lipinski definition) is 1. The number of rotatable bonds is 4. The number of thioether (sulfide) groups is 1. The Morgan fingerprint density at radius 3 is 2.47 bits per heavy atom. The molecule has 0 heterocycles. The molecule has 2 fully saturated rings. The van der Waals surface area contributed by atoms with Crippen LogP contribution in [0.5, 0.6) is 0 Å². The number of nitriles is 1. The fourth-order valence-corrected chi connectivity index (χ4v) is 4.50. The second-order valence-electron chi connectivity index (χ2n) is 5.93. The topological polar surface area (TPSA) is 52.9 Å². The summed E-state index contributed by atoms with van der Waals surface area (Å²) in [4.78, 5) is 12.3. The van der Waals surface area contributed by atoms with Gasteiger partial charge in [0.25, 0.3) is 0 Å². The van der Waals surface area contributed by atoms with Crippen molar-refractivity contribution in [2.45, 2.75) is 80.7 Å². The SMILES string of the molecule is C[C@H](SC1CCCC1)C(=O)NC1(C#N)CCCCC1. The molecule has 2 aliphatic carbocycles. The molecule has 0 aromatic heterocycles. The van der Waals surface area contributed by atoms with Gasteiger partial charge in [-0.3, -0.25) is 4.79 Å². The number of hydrogen-bond acceptors (Lipinski definition) is 3. The Labute approximate surface area is 120 Å². The first-order valence-electron chi connectivity index (χ1n) is 7.54. The first-order valence-corrected chi connectivity index (χ1v) is 8.48. The molecule has 0 radical (unpaired) electrons. The van der Waals surface area contributed by atoms with Crippen LogP contribution in [0.2, 0.25) is 0 Å². The highest BCUT2D eigenvalue weighted by atomic mass is 32.2. The third-order valence-electron chi connectivity index (χ3n) is 4.35. The fourth-order valence-electron chi connectivity index (χ4n) is 3.13. The highest BCUT2D eigenvalue weighted by Crippen LogP contribution is 2.33. The average Bonchev–Trinajstić information content (AvgIpc) is 2.92. The lowest BCUT2D eigenvalue weighted by Crippen LogP contribution is -2.51. The van der Waals surface area contributed by atoms with Crippen LogP contribution in [-0.4, -0.2) is 21.9 Å². The van der Waals surface area contributed by atoms with Gasteiger partial charge in [-0.25, -0.2) is 0 Å². The molecule has 106 valence electrons. The molecule has 0 bridgehead atoms. The lowest BCUT2D eigenvalue weighted by Gasteiger charge is -2.32. The molecule has 0 unspecified atom stereocenters. The van der Waals surface area contributed by atoms with Crippen molar-refractivity contribution < 1.29 is 4.79 Å². The van der Waals surface area contributed by atoms with Crippen molar-refractivity contribution >= 4 is 17.7 Å². The Balaban J connectivity index is 1.86. The van der Waals surface area contributed by atoms with Crippen molar-refractivity contribution in [3.63, 3.8) is 0 Å². The molecule has 19 heavy (non-hydrogen) atoms. The van der Waals surface area contributed by atoms with E-state index < -0.39 is 5.54 Å². The van der Waals surface area contributed by atoms with Gasteiger partial charge >= 0.3 is 0 Å². The summed E-state index contributed by atoms with van der Waals surface area (Å²) in [7, 11) is 0. The maximum absolute atomic E-state index is 12.3. The maximum atomic E-state index is 12.3. The van der Waals surface area contributed by atoms with Crippen molar-refractivity contribution in [3.8, 4) is 6.07 Å². The zero-order chi connectivity index (χ0) is 13.7. The average molecular weight is 280 g/mol. The minimum atomic E-state index is -0.584. The van der Waals surface area contributed by atoms with Crippen molar-refractivity contribution in [1.29, 1.82) is 5.26 Å². The van der Waals surface area contributed by atoms with E-state index in [1.54, 1.807) is 11.8 Å². The van der Waals surface area contributed by atoms with Crippen LogP contribution >= 0.6 is 11.8 Å². The first kappa shape index (κ1) is 14.7. The van der Waals surface area contributed by atoms with E-state index in [9.17, 15) is 10.1 Å². The molecule has 0 saturated heterocycles. The second kappa shape index (κ2) is 6.65. The van der Waals surface area contributed by atoms with E-state index in [1.165, 1.54) is 32.1 Å². The summed E-state index contributed by atoms with van der Waals surface area (Å²) in [5, 5.41) is 13.0. The molecular weight excluding hydrogens is 256 g/mol. The largest absolute Gasteiger partial charge is 0.337 e. The molecular formula is C15H24N2OS. The van der Waals surface area contributed by atoms with E-state index in [0.29, 0.717) is 5.25 Å². The standard InChI is InChI=1S/C15H24N2OS/c1-12(19-13-7-3-4-8-13)14(18)17-15(11-16)9-5-2-6-10-15/h12-13H,2-10H2,1H3,(H,17,18)/t12-/m0/s1. The van der Waals surface area contributed by atoms with E-state index in [-0.39, 0.29) is 11.2 Å². The van der Waals surface area contributed by atoms with Crippen molar-refractivity contribution in [2.24, 2.45) is 0 Å². The molecule has 1 amide bonds. The van der Waals surface area contributed by atoms with Gasteiger partial charge in [0, 0.05) is 5.25 Å². The summed E-state index contributed by atoms with van der Waals surface area (Å²) in [6.07, 6.45) is 10.0. The highest BCUT2D eigenvalue weighted by molar-refractivity contribution is 8.01. The minimum absolute atomic E-state index is 0.0322. The number of carbonyl (C=O) groups is 1. The van der Waals surface area contributed by atoms with E-state index in [2.05, 4.69) is 11.4 Å². The third-order valence-corrected chi connectivity index (χ3v) is 5.83. The Morgan fingerprint density at radius 2 is 1.89 bits per heavy atom. The monoisotopic (exact) mass is 280 g/mol. The second-order valence-corrected chi connectivity index (χ2v) is 7.57. The summed E-state index contributed by atoms with van der Waals surface area (Å²) >= 11 is 1.79. The van der Waals surface area contributed by atoms with Crippen LogP contribution in [0.25, 0.3) is 0 Å². The Morgan fingerprint density at radius 1 is 1.26 bits per heavy atom. The molecule has 0 spiro atoms. The molecule has 3 nitrogen and oxygen atoms in total. The van der Waals surface area contributed by atoms with E-state index in [4.69, 9.17) is 0 Å². The van der Waals surface area contributed by atoms with Crippen LogP contribution in [0, 0.1) is 11.3 Å². The lowest BCUT2D eigenvalue weighted by molar-refractivity contribution is -0.121. The number of amides is 1. The molecule has 2 rings (SSSR count). The van der Waals surface area contributed by atoms with Gasteiger partial charge < -0.3 is 5.32 Å². The number of carbonyl (C=O) groups excluding carboxylic acids is 1.